The van der Waals surface area contributed by atoms with Gasteiger partial charge in [0, 0.05) is 12.6 Å². The van der Waals surface area contributed by atoms with Crippen molar-refractivity contribution in [1.29, 1.82) is 0 Å². The lowest BCUT2D eigenvalue weighted by Crippen LogP contribution is -2.33. The number of carbonyl (C=O) groups is 1. The van der Waals surface area contributed by atoms with Crippen LogP contribution in [0, 0.1) is 0 Å². The second-order valence-corrected chi connectivity index (χ2v) is 5.21. The molecular formula is C18H21NO3. The lowest BCUT2D eigenvalue weighted by molar-refractivity contribution is -0.137. The van der Waals surface area contributed by atoms with Crippen molar-refractivity contribution in [1.82, 2.24) is 5.32 Å². The van der Waals surface area contributed by atoms with Gasteiger partial charge in [-0.3, -0.25) is 4.79 Å². The van der Waals surface area contributed by atoms with Gasteiger partial charge in [-0.25, -0.2) is 0 Å². The Morgan fingerprint density at radius 1 is 1.09 bits per heavy atom. The first-order valence-electron chi connectivity index (χ1n) is 7.29. The summed E-state index contributed by atoms with van der Waals surface area (Å²) in [5, 5.41) is 12.4. The second kappa shape index (κ2) is 8.20. The molecule has 0 aromatic heterocycles. The van der Waals surface area contributed by atoms with E-state index in [2.05, 4.69) is 5.32 Å². The van der Waals surface area contributed by atoms with Crippen molar-refractivity contribution in [3.05, 3.63) is 65.7 Å². The van der Waals surface area contributed by atoms with Gasteiger partial charge < -0.3 is 15.2 Å². The van der Waals surface area contributed by atoms with Gasteiger partial charge in [-0.1, -0.05) is 42.5 Å². The van der Waals surface area contributed by atoms with E-state index in [1.807, 2.05) is 54.6 Å². The third-order valence-corrected chi connectivity index (χ3v) is 3.50. The molecule has 0 heterocycles. The predicted molar refractivity (Wildman–Crippen MR) is 86.0 cm³/mol. The molecule has 2 aromatic rings. The molecule has 0 bridgehead atoms. The van der Waals surface area contributed by atoms with Gasteiger partial charge in [0.05, 0.1) is 13.5 Å². The molecule has 1 atom stereocenters. The number of benzene rings is 2. The molecule has 0 fully saturated rings. The first-order valence-corrected chi connectivity index (χ1v) is 7.29. The topological polar surface area (TPSA) is 58.6 Å². The van der Waals surface area contributed by atoms with E-state index in [4.69, 9.17) is 9.84 Å². The summed E-state index contributed by atoms with van der Waals surface area (Å²) < 4.78 is 5.13. The van der Waals surface area contributed by atoms with Crippen LogP contribution in [0.1, 0.15) is 17.5 Å². The molecule has 4 heteroatoms. The SMILES string of the molecule is COc1ccc(CC(CC(=O)O)NCc2ccccc2)cc1. The van der Waals surface area contributed by atoms with Gasteiger partial charge in [-0.05, 0) is 29.7 Å². The maximum Gasteiger partial charge on any atom is 0.304 e. The van der Waals surface area contributed by atoms with Crippen molar-refractivity contribution >= 4 is 5.97 Å². The number of carboxylic acids is 1. The maximum absolute atomic E-state index is 11.1. The summed E-state index contributed by atoms with van der Waals surface area (Å²) in [6, 6.07) is 17.6. The Hall–Kier alpha value is -2.33. The number of carboxylic acid groups (broad SMARTS) is 1. The Morgan fingerprint density at radius 3 is 2.36 bits per heavy atom. The molecule has 0 amide bonds. The normalized spacial score (nSPS) is 11.9. The molecule has 4 nitrogen and oxygen atoms in total. The average molecular weight is 299 g/mol. The fraction of sp³-hybridized carbons (Fsp3) is 0.278. The second-order valence-electron chi connectivity index (χ2n) is 5.21. The zero-order valence-corrected chi connectivity index (χ0v) is 12.7. The van der Waals surface area contributed by atoms with Crippen molar-refractivity contribution in [3.63, 3.8) is 0 Å². The number of hydrogen-bond donors (Lipinski definition) is 2. The Labute approximate surface area is 130 Å². The van der Waals surface area contributed by atoms with E-state index in [1.54, 1.807) is 7.11 Å². The quantitative estimate of drug-likeness (QED) is 0.787. The van der Waals surface area contributed by atoms with Gasteiger partial charge in [-0.2, -0.15) is 0 Å². The van der Waals surface area contributed by atoms with Gasteiger partial charge >= 0.3 is 5.97 Å². The van der Waals surface area contributed by atoms with Crippen LogP contribution >= 0.6 is 0 Å². The molecule has 2 aromatic carbocycles. The van der Waals surface area contributed by atoms with Crippen molar-refractivity contribution in [2.24, 2.45) is 0 Å². The lowest BCUT2D eigenvalue weighted by atomic mass is 10.0. The molecule has 0 aliphatic rings. The van der Waals surface area contributed by atoms with Gasteiger partial charge in [0.15, 0.2) is 0 Å². The minimum absolute atomic E-state index is 0.0961. The summed E-state index contributed by atoms with van der Waals surface area (Å²) in [5.74, 6) is 0.00912. The monoisotopic (exact) mass is 299 g/mol. The molecule has 0 spiro atoms. The highest BCUT2D eigenvalue weighted by Gasteiger charge is 2.13. The number of rotatable bonds is 8. The van der Waals surface area contributed by atoms with E-state index < -0.39 is 5.97 Å². The molecule has 0 aliphatic heterocycles. The Bertz CT molecular complexity index is 581. The number of ether oxygens (including phenoxy) is 1. The molecule has 2 rings (SSSR count). The smallest absolute Gasteiger partial charge is 0.304 e. The molecule has 0 aliphatic carbocycles. The summed E-state index contributed by atoms with van der Waals surface area (Å²) in [5.41, 5.74) is 2.24. The van der Waals surface area contributed by atoms with E-state index in [9.17, 15) is 4.79 Å². The van der Waals surface area contributed by atoms with Crippen LogP contribution in [-0.2, 0) is 17.8 Å². The van der Waals surface area contributed by atoms with Gasteiger partial charge in [0.1, 0.15) is 5.75 Å². The summed E-state index contributed by atoms with van der Waals surface area (Å²) >= 11 is 0. The number of aliphatic carboxylic acids is 1. The maximum atomic E-state index is 11.1. The molecule has 22 heavy (non-hydrogen) atoms. The largest absolute Gasteiger partial charge is 0.497 e. The van der Waals surface area contributed by atoms with E-state index in [1.165, 1.54) is 0 Å². The first-order chi connectivity index (χ1) is 10.7. The zero-order valence-electron chi connectivity index (χ0n) is 12.7. The molecule has 1 unspecified atom stereocenters. The minimum atomic E-state index is -0.793. The van der Waals surface area contributed by atoms with Crippen LogP contribution in [-0.4, -0.2) is 24.2 Å². The highest BCUT2D eigenvalue weighted by atomic mass is 16.5. The van der Waals surface area contributed by atoms with Crippen LogP contribution in [0.3, 0.4) is 0 Å². The first kappa shape index (κ1) is 16.0. The van der Waals surface area contributed by atoms with Crippen LogP contribution in [0.15, 0.2) is 54.6 Å². The van der Waals surface area contributed by atoms with E-state index in [-0.39, 0.29) is 12.5 Å². The van der Waals surface area contributed by atoms with Gasteiger partial charge in [-0.15, -0.1) is 0 Å². The van der Waals surface area contributed by atoms with E-state index in [0.717, 1.165) is 16.9 Å². The van der Waals surface area contributed by atoms with Gasteiger partial charge in [0.25, 0.3) is 0 Å². The number of hydrogen-bond acceptors (Lipinski definition) is 3. The third kappa shape index (κ3) is 5.22. The molecular weight excluding hydrogens is 278 g/mol. The number of nitrogens with one attached hydrogen (secondary N) is 1. The van der Waals surface area contributed by atoms with Crippen molar-refractivity contribution < 1.29 is 14.6 Å². The van der Waals surface area contributed by atoms with Crippen LogP contribution in [0.2, 0.25) is 0 Å². The van der Waals surface area contributed by atoms with Gasteiger partial charge in [0.2, 0.25) is 0 Å². The standard InChI is InChI=1S/C18H21NO3/c1-22-17-9-7-14(8-10-17)11-16(12-18(20)21)19-13-15-5-3-2-4-6-15/h2-10,16,19H,11-13H2,1H3,(H,20,21). The highest BCUT2D eigenvalue weighted by molar-refractivity contribution is 5.67. The Morgan fingerprint density at radius 2 is 1.77 bits per heavy atom. The Kier molecular flexibility index (Phi) is 5.98. The zero-order chi connectivity index (χ0) is 15.8. The van der Waals surface area contributed by atoms with Crippen molar-refractivity contribution in [3.8, 4) is 5.75 Å². The van der Waals surface area contributed by atoms with Crippen molar-refractivity contribution in [2.45, 2.75) is 25.4 Å². The highest BCUT2D eigenvalue weighted by Crippen LogP contribution is 2.14. The van der Waals surface area contributed by atoms with Crippen LogP contribution < -0.4 is 10.1 Å². The molecule has 116 valence electrons. The fourth-order valence-electron chi connectivity index (χ4n) is 2.33. The predicted octanol–water partition coefficient (Wildman–Crippen LogP) is 2.87. The number of methoxy groups -OCH3 is 1. The van der Waals surface area contributed by atoms with Crippen LogP contribution in [0.25, 0.3) is 0 Å². The molecule has 2 N–H and O–H groups in total. The minimum Gasteiger partial charge on any atom is -0.497 e. The summed E-state index contributed by atoms with van der Waals surface area (Å²) in [6.45, 7) is 0.662. The molecule has 0 radical (unpaired) electrons. The summed E-state index contributed by atoms with van der Waals surface area (Å²) in [7, 11) is 1.63. The third-order valence-electron chi connectivity index (χ3n) is 3.50. The summed E-state index contributed by atoms with van der Waals surface area (Å²) in [6.07, 6.45) is 0.766. The van der Waals surface area contributed by atoms with Crippen LogP contribution in [0.5, 0.6) is 5.75 Å². The van der Waals surface area contributed by atoms with E-state index >= 15 is 0 Å². The van der Waals surface area contributed by atoms with Crippen LogP contribution in [0.4, 0.5) is 0 Å². The molecule has 0 saturated carbocycles. The van der Waals surface area contributed by atoms with E-state index in [0.29, 0.717) is 13.0 Å². The lowest BCUT2D eigenvalue weighted by Gasteiger charge is -2.17. The Balaban J connectivity index is 1.97. The average Bonchev–Trinajstić information content (AvgIpc) is 2.54. The molecule has 0 saturated heterocycles. The fourth-order valence-corrected chi connectivity index (χ4v) is 2.33. The summed E-state index contributed by atoms with van der Waals surface area (Å²) in [4.78, 5) is 11.1. The van der Waals surface area contributed by atoms with Crippen molar-refractivity contribution in [2.75, 3.05) is 7.11 Å².